The van der Waals surface area contributed by atoms with Gasteiger partial charge in [-0.1, -0.05) is 42.5 Å². The molecule has 2 nitrogen and oxygen atoms in total. The molecule has 0 fully saturated rings. The maximum absolute atomic E-state index is 10.3. The van der Waals surface area contributed by atoms with Crippen molar-refractivity contribution in [3.05, 3.63) is 54.6 Å². The van der Waals surface area contributed by atoms with Crippen molar-refractivity contribution < 1.29 is 9.53 Å². The molecule has 2 heteroatoms. The molecule has 82 valence electrons. The van der Waals surface area contributed by atoms with Gasteiger partial charge in [0.05, 0.1) is 0 Å². The monoisotopic (exact) mass is 222 g/mol. The molecule has 0 radical (unpaired) electrons. The maximum Gasteiger partial charge on any atom is 0.298 e. The SMILES string of the molecule is O=COc1ccc2c(ccc3ccccc32)c1. The van der Waals surface area contributed by atoms with E-state index in [0.717, 1.165) is 5.39 Å². The van der Waals surface area contributed by atoms with Gasteiger partial charge in [0, 0.05) is 0 Å². The van der Waals surface area contributed by atoms with Gasteiger partial charge >= 0.3 is 0 Å². The Bertz CT molecular complexity index is 701. The molecular formula is C15H10O2. The lowest BCUT2D eigenvalue weighted by Crippen LogP contribution is -1.88. The fraction of sp³-hybridized carbons (Fsp3) is 0. The molecule has 0 saturated carbocycles. The third kappa shape index (κ3) is 1.64. The first-order valence-corrected chi connectivity index (χ1v) is 5.40. The van der Waals surface area contributed by atoms with Crippen LogP contribution in [0, 0.1) is 0 Å². The Morgan fingerprint density at radius 3 is 2.47 bits per heavy atom. The standard InChI is InChI=1S/C15H10O2/c16-10-17-13-7-8-15-12(9-13)6-5-11-3-1-2-4-14(11)15/h1-10H. The number of benzene rings is 3. The van der Waals surface area contributed by atoms with Crippen molar-refractivity contribution in [1.29, 1.82) is 0 Å². The van der Waals surface area contributed by atoms with E-state index in [-0.39, 0.29) is 0 Å². The molecular weight excluding hydrogens is 212 g/mol. The van der Waals surface area contributed by atoms with Gasteiger partial charge in [-0.05, 0) is 33.7 Å². The van der Waals surface area contributed by atoms with E-state index in [0.29, 0.717) is 12.2 Å². The van der Waals surface area contributed by atoms with E-state index in [9.17, 15) is 4.79 Å². The van der Waals surface area contributed by atoms with Crippen LogP contribution in [-0.4, -0.2) is 6.47 Å². The van der Waals surface area contributed by atoms with E-state index in [2.05, 4.69) is 18.2 Å². The molecule has 0 aliphatic rings. The van der Waals surface area contributed by atoms with E-state index >= 15 is 0 Å². The summed E-state index contributed by atoms with van der Waals surface area (Å²) < 4.78 is 4.85. The fourth-order valence-corrected chi connectivity index (χ4v) is 2.12. The Hall–Kier alpha value is -2.35. The Labute approximate surface area is 98.4 Å². The Morgan fingerprint density at radius 1 is 0.824 bits per heavy atom. The highest BCUT2D eigenvalue weighted by molar-refractivity contribution is 6.07. The van der Waals surface area contributed by atoms with Gasteiger partial charge in [-0.15, -0.1) is 0 Å². The van der Waals surface area contributed by atoms with Crippen molar-refractivity contribution in [3.8, 4) is 5.75 Å². The zero-order valence-corrected chi connectivity index (χ0v) is 9.09. The van der Waals surface area contributed by atoms with E-state index in [1.807, 2.05) is 36.4 Å². The van der Waals surface area contributed by atoms with Gasteiger partial charge in [-0.2, -0.15) is 0 Å². The topological polar surface area (TPSA) is 26.3 Å². The van der Waals surface area contributed by atoms with Gasteiger partial charge in [-0.3, -0.25) is 4.79 Å². The number of rotatable bonds is 2. The van der Waals surface area contributed by atoms with Crippen LogP contribution in [0.3, 0.4) is 0 Å². The fourth-order valence-electron chi connectivity index (χ4n) is 2.12. The van der Waals surface area contributed by atoms with Crippen molar-refractivity contribution in [3.63, 3.8) is 0 Å². The lowest BCUT2D eigenvalue weighted by atomic mass is 10.0. The molecule has 17 heavy (non-hydrogen) atoms. The van der Waals surface area contributed by atoms with Gasteiger partial charge in [0.15, 0.2) is 0 Å². The molecule has 3 rings (SSSR count). The van der Waals surface area contributed by atoms with Gasteiger partial charge in [0.25, 0.3) is 6.47 Å². The number of hydrogen-bond donors (Lipinski definition) is 0. The summed E-state index contributed by atoms with van der Waals surface area (Å²) in [5.41, 5.74) is 0. The third-order valence-corrected chi connectivity index (χ3v) is 2.90. The van der Waals surface area contributed by atoms with Crippen molar-refractivity contribution in [2.75, 3.05) is 0 Å². The largest absolute Gasteiger partial charge is 0.429 e. The molecule has 0 N–H and O–H groups in total. The molecule has 0 saturated heterocycles. The van der Waals surface area contributed by atoms with Gasteiger partial charge in [0.2, 0.25) is 0 Å². The average molecular weight is 222 g/mol. The Balaban J connectivity index is 2.33. The molecule has 0 heterocycles. The average Bonchev–Trinajstić information content (AvgIpc) is 2.39. The lowest BCUT2D eigenvalue weighted by Gasteiger charge is -2.05. The molecule has 0 unspecified atom stereocenters. The Kier molecular flexibility index (Phi) is 2.26. The summed E-state index contributed by atoms with van der Waals surface area (Å²) in [4.78, 5) is 10.3. The van der Waals surface area contributed by atoms with Crippen LogP contribution in [0.1, 0.15) is 0 Å². The first-order valence-electron chi connectivity index (χ1n) is 5.40. The van der Waals surface area contributed by atoms with Crippen LogP contribution >= 0.6 is 0 Å². The number of carbonyl (C=O) groups is 1. The van der Waals surface area contributed by atoms with Crippen LogP contribution in [0.15, 0.2) is 54.6 Å². The van der Waals surface area contributed by atoms with Gasteiger partial charge in [-0.25, -0.2) is 0 Å². The second-order valence-electron chi connectivity index (χ2n) is 3.88. The molecule has 0 aliphatic carbocycles. The first-order chi connectivity index (χ1) is 8.38. The molecule has 0 aliphatic heterocycles. The molecule has 3 aromatic rings. The summed E-state index contributed by atoms with van der Waals surface area (Å²) in [6.45, 7) is 0.447. The Morgan fingerprint density at radius 2 is 1.59 bits per heavy atom. The van der Waals surface area contributed by atoms with Crippen LogP contribution in [-0.2, 0) is 4.79 Å². The molecule has 0 aromatic heterocycles. The first kappa shape index (κ1) is 9.85. The zero-order chi connectivity index (χ0) is 11.7. The summed E-state index contributed by atoms with van der Waals surface area (Å²) in [6, 6.07) is 18.0. The minimum Gasteiger partial charge on any atom is -0.429 e. The summed E-state index contributed by atoms with van der Waals surface area (Å²) in [5.74, 6) is 0.572. The maximum atomic E-state index is 10.3. The van der Waals surface area contributed by atoms with E-state index in [1.165, 1.54) is 16.2 Å². The van der Waals surface area contributed by atoms with Crippen molar-refractivity contribution >= 4 is 28.0 Å². The van der Waals surface area contributed by atoms with Gasteiger partial charge in [0.1, 0.15) is 5.75 Å². The number of fused-ring (bicyclic) bond motifs is 3. The smallest absolute Gasteiger partial charge is 0.298 e. The summed E-state index contributed by atoms with van der Waals surface area (Å²) in [7, 11) is 0. The molecule has 0 spiro atoms. The summed E-state index contributed by atoms with van der Waals surface area (Å²) >= 11 is 0. The molecule has 3 aromatic carbocycles. The minimum absolute atomic E-state index is 0.447. The zero-order valence-electron chi connectivity index (χ0n) is 9.09. The van der Waals surface area contributed by atoms with Gasteiger partial charge < -0.3 is 4.74 Å². The van der Waals surface area contributed by atoms with Crippen LogP contribution < -0.4 is 4.74 Å². The third-order valence-electron chi connectivity index (χ3n) is 2.90. The van der Waals surface area contributed by atoms with Crippen LogP contribution in [0.5, 0.6) is 5.75 Å². The lowest BCUT2D eigenvalue weighted by molar-refractivity contribution is -0.120. The highest BCUT2D eigenvalue weighted by Gasteiger charge is 2.01. The van der Waals surface area contributed by atoms with Crippen molar-refractivity contribution in [2.45, 2.75) is 0 Å². The predicted octanol–water partition coefficient (Wildman–Crippen LogP) is 3.53. The van der Waals surface area contributed by atoms with E-state index in [1.54, 1.807) is 0 Å². The summed E-state index contributed by atoms with van der Waals surface area (Å²) in [6.07, 6.45) is 0. The number of ether oxygens (including phenoxy) is 1. The number of carbonyl (C=O) groups excluding carboxylic acids is 1. The van der Waals surface area contributed by atoms with E-state index in [4.69, 9.17) is 4.74 Å². The predicted molar refractivity (Wildman–Crippen MR) is 68.1 cm³/mol. The van der Waals surface area contributed by atoms with Crippen LogP contribution in [0.2, 0.25) is 0 Å². The van der Waals surface area contributed by atoms with Crippen LogP contribution in [0.4, 0.5) is 0 Å². The molecule has 0 amide bonds. The second-order valence-corrected chi connectivity index (χ2v) is 3.88. The van der Waals surface area contributed by atoms with E-state index < -0.39 is 0 Å². The quantitative estimate of drug-likeness (QED) is 0.489. The van der Waals surface area contributed by atoms with Crippen molar-refractivity contribution in [2.24, 2.45) is 0 Å². The molecule has 0 atom stereocenters. The number of hydrogen-bond acceptors (Lipinski definition) is 2. The summed E-state index contributed by atoms with van der Waals surface area (Å²) in [5, 5.41) is 4.66. The van der Waals surface area contributed by atoms with Crippen LogP contribution in [0.25, 0.3) is 21.5 Å². The highest BCUT2D eigenvalue weighted by atomic mass is 16.5. The second kappa shape index (κ2) is 3.91. The minimum atomic E-state index is 0.447. The highest BCUT2D eigenvalue weighted by Crippen LogP contribution is 2.27. The molecule has 0 bridgehead atoms. The normalized spacial score (nSPS) is 10.6. The van der Waals surface area contributed by atoms with Crippen molar-refractivity contribution in [1.82, 2.24) is 0 Å².